The number of hydrogen-bond donors (Lipinski definition) is 1. The van der Waals surface area contributed by atoms with Gasteiger partial charge in [0, 0.05) is 6.04 Å². The molecule has 1 fully saturated rings. The molecule has 2 unspecified atom stereocenters. The molecule has 0 radical (unpaired) electrons. The highest BCUT2D eigenvalue weighted by Gasteiger charge is 2.40. The van der Waals surface area contributed by atoms with E-state index in [0.29, 0.717) is 5.76 Å². The predicted octanol–water partition coefficient (Wildman–Crippen LogP) is 6.63. The summed E-state index contributed by atoms with van der Waals surface area (Å²) in [5, 5.41) is 0. The normalized spacial score (nSPS) is 21.8. The van der Waals surface area contributed by atoms with Crippen LogP contribution in [0, 0.1) is 0 Å². The summed E-state index contributed by atoms with van der Waals surface area (Å²) in [5.74, 6) is 1.48. The Morgan fingerprint density at radius 1 is 1.30 bits per heavy atom. The average molecular weight is 525 g/mol. The molecule has 0 aromatic carbocycles. The lowest BCUT2D eigenvalue weighted by Crippen LogP contribution is -2.41. The number of ether oxygens (including phenoxy) is 1. The van der Waals surface area contributed by atoms with E-state index in [-0.39, 0.29) is 18.2 Å². The Labute approximate surface area is 193 Å². The molecule has 3 rings (SSSR count). The number of halogens is 1. The molecule has 1 aromatic rings. The van der Waals surface area contributed by atoms with Gasteiger partial charge in [0.15, 0.2) is 23.0 Å². The Bertz CT molecular complexity index is 865. The van der Waals surface area contributed by atoms with E-state index >= 15 is 0 Å². The Morgan fingerprint density at radius 2 is 2.00 bits per heavy atom. The van der Waals surface area contributed by atoms with Crippen LogP contribution in [-0.4, -0.2) is 32.6 Å². The number of likely N-dealkylation sites (tertiary alicyclic amines) is 1. The molecule has 2 atom stereocenters. The first-order valence-corrected chi connectivity index (χ1v) is 11.5. The largest absolute Gasteiger partial charge is 0.444 e. The van der Waals surface area contributed by atoms with Gasteiger partial charge >= 0.3 is 6.09 Å². The van der Waals surface area contributed by atoms with E-state index in [1.165, 1.54) is 5.57 Å². The predicted molar refractivity (Wildman–Crippen MR) is 127 cm³/mol. The number of nitrogens with zero attached hydrogens (tertiary/aromatic N) is 2. The summed E-state index contributed by atoms with van der Waals surface area (Å²) in [6.07, 6.45) is 7.22. The minimum atomic E-state index is -0.528. The Kier molecular flexibility index (Phi) is 6.99. The SMILES string of the molecule is C=C(OI)C1=C(C(=C)c2cnc(C3CCC(CC)N3C(=O)OC(C)(C)C)[nH]2)CCC1. The molecule has 1 aromatic heterocycles. The molecule has 7 heteroatoms. The molecular formula is C23H32IN3O3. The number of hydrogen-bond acceptors (Lipinski definition) is 4. The average Bonchev–Trinajstić information content (AvgIpc) is 3.43. The number of carbonyl (C=O) groups is 1. The summed E-state index contributed by atoms with van der Waals surface area (Å²) in [4.78, 5) is 22.9. The first kappa shape index (κ1) is 22.9. The van der Waals surface area contributed by atoms with Crippen LogP contribution in [0.1, 0.15) is 83.8 Å². The smallest absolute Gasteiger partial charge is 0.411 e. The molecule has 6 nitrogen and oxygen atoms in total. The molecule has 1 N–H and O–H groups in total. The highest BCUT2D eigenvalue weighted by atomic mass is 127. The van der Waals surface area contributed by atoms with E-state index in [2.05, 4.69) is 30.0 Å². The summed E-state index contributed by atoms with van der Waals surface area (Å²) in [6.45, 7) is 16.1. The van der Waals surface area contributed by atoms with Gasteiger partial charge in [-0.15, -0.1) is 0 Å². The number of rotatable bonds is 6. The number of allylic oxidation sites excluding steroid dienone is 3. The molecule has 1 saturated heterocycles. The van der Waals surface area contributed by atoms with E-state index in [1.807, 2.05) is 54.9 Å². The van der Waals surface area contributed by atoms with Crippen molar-refractivity contribution in [2.75, 3.05) is 0 Å². The van der Waals surface area contributed by atoms with Crippen molar-refractivity contribution in [3.8, 4) is 0 Å². The molecule has 0 spiro atoms. The fourth-order valence-corrected chi connectivity index (χ4v) is 4.66. The number of aromatic amines is 1. The lowest BCUT2D eigenvalue weighted by molar-refractivity contribution is 0.0133. The fraction of sp³-hybridized carbons (Fsp3) is 0.565. The molecule has 30 heavy (non-hydrogen) atoms. The molecule has 2 heterocycles. The third-order valence-corrected chi connectivity index (χ3v) is 6.36. The van der Waals surface area contributed by atoms with E-state index < -0.39 is 5.60 Å². The van der Waals surface area contributed by atoms with Crippen molar-refractivity contribution < 1.29 is 12.6 Å². The monoisotopic (exact) mass is 525 g/mol. The van der Waals surface area contributed by atoms with Crippen LogP contribution in [0.5, 0.6) is 0 Å². The standard InChI is InChI=1S/C23H32IN3O3/c1-7-16-11-12-20(27(16)22(28)29-23(4,5)6)21-25-13-19(26-21)14(2)17-9-8-10-18(17)15(3)30-24/h13,16,20H,2-3,7-12H2,1,4-6H3,(H,25,26). The lowest BCUT2D eigenvalue weighted by Gasteiger charge is -2.31. The molecule has 164 valence electrons. The number of carbonyl (C=O) groups excluding carboxylic acids is 1. The van der Waals surface area contributed by atoms with Crippen molar-refractivity contribution in [3.05, 3.63) is 47.8 Å². The van der Waals surface area contributed by atoms with Crippen LogP contribution < -0.4 is 0 Å². The molecule has 1 aliphatic carbocycles. The molecule has 1 amide bonds. The lowest BCUT2D eigenvalue weighted by atomic mass is 10.0. The maximum atomic E-state index is 12.9. The Morgan fingerprint density at radius 3 is 2.63 bits per heavy atom. The maximum Gasteiger partial charge on any atom is 0.411 e. The van der Waals surface area contributed by atoms with Crippen molar-refractivity contribution >= 4 is 34.7 Å². The van der Waals surface area contributed by atoms with Gasteiger partial charge in [-0.3, -0.25) is 4.90 Å². The second-order valence-electron chi connectivity index (χ2n) is 9.01. The fourth-order valence-electron chi connectivity index (χ4n) is 4.40. The maximum absolute atomic E-state index is 12.9. The number of aromatic nitrogens is 2. The van der Waals surface area contributed by atoms with Gasteiger partial charge in [0.05, 0.1) is 17.9 Å². The van der Waals surface area contributed by atoms with Gasteiger partial charge in [0.2, 0.25) is 0 Å². The van der Waals surface area contributed by atoms with Crippen molar-refractivity contribution in [1.29, 1.82) is 0 Å². The number of imidazole rings is 1. The molecule has 2 aliphatic rings. The summed E-state index contributed by atoms with van der Waals surface area (Å²) in [5.41, 5.74) is 3.58. The van der Waals surface area contributed by atoms with Crippen LogP contribution in [0.3, 0.4) is 0 Å². The van der Waals surface area contributed by atoms with Gasteiger partial charge in [-0.2, -0.15) is 0 Å². The molecule has 0 saturated carbocycles. The van der Waals surface area contributed by atoms with Gasteiger partial charge in [0.1, 0.15) is 17.2 Å². The summed E-state index contributed by atoms with van der Waals surface area (Å²) in [7, 11) is 0. The quantitative estimate of drug-likeness (QED) is 0.334. The zero-order chi connectivity index (χ0) is 22.1. The van der Waals surface area contributed by atoms with Crippen molar-refractivity contribution in [1.82, 2.24) is 14.9 Å². The Hall–Kier alpha value is -1.77. The summed E-state index contributed by atoms with van der Waals surface area (Å²) >= 11 is 1.87. The minimum Gasteiger partial charge on any atom is -0.444 e. The first-order chi connectivity index (χ1) is 14.2. The van der Waals surface area contributed by atoms with Crippen LogP contribution >= 0.6 is 23.0 Å². The number of H-pyrrole nitrogens is 1. The van der Waals surface area contributed by atoms with E-state index in [9.17, 15) is 4.79 Å². The van der Waals surface area contributed by atoms with Crippen LogP contribution in [0.2, 0.25) is 0 Å². The van der Waals surface area contributed by atoms with Gasteiger partial charge in [-0.1, -0.05) is 20.1 Å². The zero-order valence-electron chi connectivity index (χ0n) is 18.4. The zero-order valence-corrected chi connectivity index (χ0v) is 20.5. The topological polar surface area (TPSA) is 67.4 Å². The molecule has 0 bridgehead atoms. The number of nitrogens with one attached hydrogen (secondary N) is 1. The number of amides is 1. The molecular weight excluding hydrogens is 493 g/mol. The van der Waals surface area contributed by atoms with Gasteiger partial charge in [-0.05, 0) is 76.0 Å². The Balaban J connectivity index is 1.84. The third kappa shape index (κ3) is 4.76. The van der Waals surface area contributed by atoms with Crippen LogP contribution in [-0.2, 0) is 7.80 Å². The van der Waals surface area contributed by atoms with Crippen molar-refractivity contribution in [2.45, 2.75) is 83.9 Å². The van der Waals surface area contributed by atoms with Crippen LogP contribution in [0.4, 0.5) is 4.79 Å². The van der Waals surface area contributed by atoms with Crippen molar-refractivity contribution in [2.24, 2.45) is 0 Å². The summed E-state index contributed by atoms with van der Waals surface area (Å²) in [6, 6.07) is 0.0471. The van der Waals surface area contributed by atoms with E-state index in [0.717, 1.165) is 61.2 Å². The van der Waals surface area contributed by atoms with Gasteiger partial charge < -0.3 is 12.8 Å². The highest BCUT2D eigenvalue weighted by molar-refractivity contribution is 14.1. The summed E-state index contributed by atoms with van der Waals surface area (Å²) < 4.78 is 11.0. The highest BCUT2D eigenvalue weighted by Crippen LogP contribution is 2.41. The first-order valence-electron chi connectivity index (χ1n) is 10.6. The van der Waals surface area contributed by atoms with Crippen LogP contribution in [0.15, 0.2) is 36.3 Å². The second-order valence-corrected chi connectivity index (χ2v) is 9.45. The van der Waals surface area contributed by atoms with Gasteiger partial charge in [0.25, 0.3) is 0 Å². The van der Waals surface area contributed by atoms with Crippen molar-refractivity contribution in [3.63, 3.8) is 0 Å². The third-order valence-electron chi connectivity index (χ3n) is 5.83. The second kappa shape index (κ2) is 9.16. The van der Waals surface area contributed by atoms with Gasteiger partial charge in [-0.25, -0.2) is 9.78 Å². The minimum absolute atomic E-state index is 0.115. The van der Waals surface area contributed by atoms with E-state index in [4.69, 9.17) is 7.80 Å². The van der Waals surface area contributed by atoms with Crippen LogP contribution in [0.25, 0.3) is 5.57 Å². The molecule has 1 aliphatic heterocycles. The van der Waals surface area contributed by atoms with E-state index in [1.54, 1.807) is 0 Å².